The molecule has 2 aliphatic rings. The lowest BCUT2D eigenvalue weighted by molar-refractivity contribution is -0.137. The highest BCUT2D eigenvalue weighted by Crippen LogP contribution is 2.47. The van der Waals surface area contributed by atoms with Crippen molar-refractivity contribution in [3.63, 3.8) is 0 Å². The average Bonchev–Trinajstić information content (AvgIpc) is 1.45. The number of fused-ring (bicyclic) bond motifs is 4. The summed E-state index contributed by atoms with van der Waals surface area (Å²) in [6, 6.07) is 19.5. The van der Waals surface area contributed by atoms with E-state index in [4.69, 9.17) is 41.0 Å². The Morgan fingerprint density at radius 2 is 1.53 bits per heavy atom. The van der Waals surface area contributed by atoms with Crippen molar-refractivity contribution in [1.29, 1.82) is 0 Å². The summed E-state index contributed by atoms with van der Waals surface area (Å²) in [4.78, 5) is 140. The minimum atomic E-state index is -1.16. The topological polar surface area (TPSA) is 374 Å². The van der Waals surface area contributed by atoms with Gasteiger partial charge in [0.15, 0.2) is 0 Å². The Labute approximate surface area is 550 Å². The monoisotopic (exact) mass is 1330 g/mol. The number of aliphatic hydroxyl groups is 1. The smallest absolute Gasteiger partial charge is 0.415 e. The maximum Gasteiger partial charge on any atom is 0.415 e. The Morgan fingerprint density at radius 1 is 0.800 bits per heavy atom. The number of benzene rings is 4. The third-order valence-electron chi connectivity index (χ3n) is 15.4. The zero-order valence-corrected chi connectivity index (χ0v) is 53.4. The molecule has 30 heteroatoms. The highest BCUT2D eigenvalue weighted by atomic mass is 35.5. The Balaban J connectivity index is 0.868. The molecule has 6 aromatic rings. The van der Waals surface area contributed by atoms with Gasteiger partial charge in [0.1, 0.15) is 48.1 Å². The van der Waals surface area contributed by atoms with Crippen LogP contribution < -0.4 is 42.0 Å². The molecule has 0 bridgehead atoms. The number of phenolic OH excluding ortho intramolecular Hbond substituents is 1. The highest BCUT2D eigenvalue weighted by molar-refractivity contribution is 6.19. The number of ether oxygens (including phenoxy) is 5. The first-order chi connectivity index (χ1) is 45.6. The number of alkyl carbamates (subject to hydrolysis) is 1. The molecule has 8 rings (SSSR count). The van der Waals surface area contributed by atoms with Crippen LogP contribution in [0.5, 0.6) is 11.5 Å². The van der Waals surface area contributed by atoms with E-state index in [0.29, 0.717) is 39.2 Å². The molecule has 0 aliphatic carbocycles. The van der Waals surface area contributed by atoms with Crippen LogP contribution in [0, 0.1) is 12.8 Å². The van der Waals surface area contributed by atoms with Gasteiger partial charge < -0.3 is 85.3 Å². The molecule has 1 unspecified atom stereocenters. The Kier molecular flexibility index (Phi) is 24.8. The van der Waals surface area contributed by atoms with E-state index in [1.165, 1.54) is 41.1 Å². The Morgan fingerprint density at radius 3 is 2.23 bits per heavy atom. The van der Waals surface area contributed by atoms with Crippen LogP contribution in [0.2, 0.25) is 0 Å². The maximum atomic E-state index is 14.6. The van der Waals surface area contributed by atoms with Gasteiger partial charge in [-0.25, -0.2) is 24.2 Å². The van der Waals surface area contributed by atoms with Crippen molar-refractivity contribution in [2.24, 2.45) is 11.7 Å². The number of carbonyl (C=O) groups is 10. The zero-order valence-electron chi connectivity index (χ0n) is 52.7. The van der Waals surface area contributed by atoms with Gasteiger partial charge in [-0.05, 0) is 96.3 Å². The largest absolute Gasteiger partial charge is 0.508 e. The molecule has 4 aromatic carbocycles. The molecule has 0 radical (unpaired) electrons. The van der Waals surface area contributed by atoms with E-state index in [9.17, 15) is 58.2 Å². The number of alkyl halides is 1. The summed E-state index contributed by atoms with van der Waals surface area (Å²) in [6.45, 7) is 4.72. The van der Waals surface area contributed by atoms with E-state index in [1.54, 1.807) is 78.0 Å². The quantitative estimate of drug-likeness (QED) is 0.0154. The van der Waals surface area contributed by atoms with E-state index < -0.39 is 77.8 Å². The number of phenols is 1. The lowest BCUT2D eigenvalue weighted by atomic mass is 9.92. The fourth-order valence-electron chi connectivity index (χ4n) is 10.4. The number of likely N-dealkylation sites (N-methyl/N-ethyl adjacent to an activating group) is 1. The molecule has 29 nitrogen and oxygen atoms in total. The molecule has 0 spiro atoms. The van der Waals surface area contributed by atoms with E-state index in [0.717, 1.165) is 33.6 Å². The number of imidazole rings is 1. The molecule has 0 saturated heterocycles. The first kappa shape index (κ1) is 70.5. The van der Waals surface area contributed by atoms with Crippen LogP contribution in [-0.2, 0) is 44.7 Å². The lowest BCUT2D eigenvalue weighted by Gasteiger charge is -2.26. The number of nitrogens with one attached hydrogen (secondary N) is 5. The number of halogens is 1. The number of carbonyl (C=O) groups excluding carboxylic acids is 10. The van der Waals surface area contributed by atoms with E-state index in [2.05, 4.69) is 31.6 Å². The van der Waals surface area contributed by atoms with E-state index in [-0.39, 0.29) is 127 Å². The van der Waals surface area contributed by atoms with Crippen LogP contribution in [0.1, 0.15) is 70.1 Å². The number of aliphatic hydroxyl groups excluding tert-OH is 1. The maximum absolute atomic E-state index is 14.6. The third kappa shape index (κ3) is 18.9. The fraction of sp³-hybridized carbons (Fsp3) is 0.369. The minimum absolute atomic E-state index is 0.00000142. The number of imide groups is 1. The summed E-state index contributed by atoms with van der Waals surface area (Å²) in [5.41, 5.74) is 9.43. The second-order valence-electron chi connectivity index (χ2n) is 22.5. The van der Waals surface area contributed by atoms with Crippen molar-refractivity contribution in [3.05, 3.63) is 137 Å². The van der Waals surface area contributed by atoms with Gasteiger partial charge in [0.2, 0.25) is 11.8 Å². The number of amides is 11. The number of hydrogen-bond donors (Lipinski definition) is 8. The molecule has 2 aliphatic heterocycles. The van der Waals surface area contributed by atoms with Gasteiger partial charge in [0.25, 0.3) is 23.6 Å². The van der Waals surface area contributed by atoms with E-state index >= 15 is 0 Å². The molecular weight excluding hydrogens is 1260 g/mol. The number of aryl methyl sites for hydroxylation is 1. The van der Waals surface area contributed by atoms with Gasteiger partial charge >= 0.3 is 24.3 Å². The second kappa shape index (κ2) is 33.5. The van der Waals surface area contributed by atoms with Gasteiger partial charge in [-0.2, -0.15) is 0 Å². The molecule has 95 heavy (non-hydrogen) atoms. The zero-order chi connectivity index (χ0) is 68.3. The van der Waals surface area contributed by atoms with Crippen molar-refractivity contribution in [3.8, 4) is 11.5 Å². The summed E-state index contributed by atoms with van der Waals surface area (Å²) in [6.07, 6.45) is 3.26. The first-order valence-electron chi connectivity index (χ1n) is 30.5. The number of rotatable bonds is 31. The summed E-state index contributed by atoms with van der Waals surface area (Å²) >= 11 is 6.65. The van der Waals surface area contributed by atoms with Crippen LogP contribution >= 0.6 is 11.6 Å². The van der Waals surface area contributed by atoms with Gasteiger partial charge in [0, 0.05) is 98.8 Å². The van der Waals surface area contributed by atoms with Crippen LogP contribution in [0.3, 0.4) is 0 Å². The minimum Gasteiger partial charge on any atom is -0.508 e. The molecule has 504 valence electrons. The number of anilines is 3. The second-order valence-corrected chi connectivity index (χ2v) is 22.8. The van der Waals surface area contributed by atoms with Crippen LogP contribution in [0.4, 0.5) is 36.2 Å². The van der Waals surface area contributed by atoms with Crippen molar-refractivity contribution < 1.29 is 81.8 Å². The Hall–Kier alpha value is -10.4. The van der Waals surface area contributed by atoms with Crippen molar-refractivity contribution in [2.45, 2.75) is 58.2 Å². The normalized spacial score (nSPS) is 13.9. The van der Waals surface area contributed by atoms with Crippen LogP contribution in [-0.4, -0.2) is 198 Å². The number of hydrogen-bond acceptors (Lipinski definition) is 18. The number of aromatic hydroxyl groups is 1. The van der Waals surface area contributed by atoms with Gasteiger partial charge in [0.05, 0.1) is 51.0 Å². The lowest BCUT2D eigenvalue weighted by Crippen LogP contribution is -2.54. The average molecular weight is 1330 g/mol. The van der Waals surface area contributed by atoms with Gasteiger partial charge in [-0.3, -0.25) is 33.7 Å². The van der Waals surface area contributed by atoms with Gasteiger partial charge in [-0.1, -0.05) is 44.2 Å². The van der Waals surface area contributed by atoms with Crippen LogP contribution in [0.25, 0.3) is 16.4 Å². The summed E-state index contributed by atoms with van der Waals surface area (Å²) in [7, 11) is 1.48. The number of pyridine rings is 1. The van der Waals surface area contributed by atoms with Gasteiger partial charge in [-0.15, -0.1) is 11.6 Å². The van der Waals surface area contributed by atoms with Crippen LogP contribution in [0.15, 0.2) is 109 Å². The number of aromatic nitrogens is 2. The fourth-order valence-corrected chi connectivity index (χ4v) is 10.6. The molecule has 4 heterocycles. The van der Waals surface area contributed by atoms with Crippen molar-refractivity contribution >= 4 is 105 Å². The molecular formula is C65H75ClN12O17. The molecule has 9 N–H and O–H groups in total. The molecule has 11 amide bonds. The number of nitrogens with zero attached hydrogens (tertiary/aromatic N) is 6. The number of nitrogens with two attached hydrogens (primary N) is 1. The summed E-state index contributed by atoms with van der Waals surface area (Å²) < 4.78 is 29.5. The summed E-state index contributed by atoms with van der Waals surface area (Å²) in [5.74, 6) is -3.58. The van der Waals surface area contributed by atoms with E-state index in [1.807, 2.05) is 25.1 Å². The predicted molar refractivity (Wildman–Crippen MR) is 347 cm³/mol. The number of primary amides is 1. The predicted octanol–water partition coefficient (Wildman–Crippen LogP) is 5.38. The third-order valence-corrected chi connectivity index (χ3v) is 15.8. The molecule has 0 saturated carbocycles. The Bertz CT molecular complexity index is 3810. The highest BCUT2D eigenvalue weighted by Gasteiger charge is 2.37. The number of urea groups is 1. The molecule has 0 fully saturated rings. The molecule has 3 atom stereocenters. The standard InChI is InChI=1S/C65H75ClN12O17/c1-39(2)57(73-63(88)93-32-31-92-29-26-77-53(81)20-21-54(77)82)60(85)72-48(9-6-22-68-62(67)87)59(84)69-44-14-10-41(11-15-44)38-94-64(89)74(4)23-24-75(25-28-91-30-27-79)65(90)95-51-33-50-56(55-40(3)7-5-8-47(51)55)43(34-66)35-78(50)61(86)49-37-76-36-45(16-19-52(76)71-49)70-58(83)42-12-17-46(80)18-13-42/h5,7-8,10-21,33,36-37,39,43,48,57,79-80H,6,9,22-32,34-35,38H2,1-4H3,(H,69,84)(H,70,83)(H,72,85)(H,73,88)(H3,67,68,87)/t43?,48-,57-/m0/s1. The first-order valence-corrected chi connectivity index (χ1v) is 31.0. The summed E-state index contributed by atoms with van der Waals surface area (Å²) in [5, 5.41) is 33.6. The SMILES string of the molecule is Cc1cccc2c(OC(=O)N(CCOCCO)CCN(C)C(=O)OCc3ccc(NC(=O)[C@H](CCCNC(N)=O)NC(=O)[C@@H](NC(=O)OCCOCCN4C(=O)C=CC4=O)C(C)C)cc3)cc3c(c12)C(CCl)CN3C(=O)c1cn2cc(NC(=O)c3ccc(O)cc3)ccc2n1. The van der Waals surface area contributed by atoms with Crippen molar-refractivity contribution in [1.82, 2.24) is 40.0 Å². The van der Waals surface area contributed by atoms with Crippen molar-refractivity contribution in [2.75, 3.05) is 107 Å². The molecule has 2 aromatic heterocycles.